The van der Waals surface area contributed by atoms with E-state index in [1.807, 2.05) is 0 Å². The van der Waals surface area contributed by atoms with Gasteiger partial charge in [-0.05, 0) is 59.5 Å². The molecule has 1 amide bonds. The molecule has 0 unspecified atom stereocenters. The molecule has 10 nitrogen and oxygen atoms in total. The van der Waals surface area contributed by atoms with Crippen LogP contribution in [0.2, 0.25) is 0 Å². The van der Waals surface area contributed by atoms with Gasteiger partial charge in [-0.1, -0.05) is 24.3 Å². The number of methoxy groups -OCH3 is 2. The summed E-state index contributed by atoms with van der Waals surface area (Å²) in [6.07, 6.45) is -0.954. The Bertz CT molecular complexity index is 1340. The number of phenols is 3. The molecule has 0 bridgehead atoms. The zero-order valence-corrected chi connectivity index (χ0v) is 22.5. The summed E-state index contributed by atoms with van der Waals surface area (Å²) in [6.45, 7) is 1.53. The number of ether oxygens (including phenoxy) is 4. The number of carbonyl (C=O) groups excluding carboxylic acids is 2. The van der Waals surface area contributed by atoms with Crippen LogP contribution < -0.4 is 14.8 Å². The maximum Gasteiger partial charge on any atom is 0.302 e. The van der Waals surface area contributed by atoms with Crippen molar-refractivity contribution >= 4 is 11.9 Å². The molecule has 4 N–H and O–H groups in total. The standard InChI is InChI=1S/C30H33NO9/c1-17(32)39-16-22-27(30(36)31-13-12-18-4-8-21(33)9-5-18)29(20-7-11-24(35)26(15-20)38-3)40-28(22)19-6-10-23(34)25(14-19)37-2/h4-11,14-15,22,27-29,33-35H,12-13,16H2,1-3H3,(H,31,36)/t22-,27-,28+,29+/m0/s1. The largest absolute Gasteiger partial charge is 0.508 e. The van der Waals surface area contributed by atoms with E-state index in [1.165, 1.54) is 33.3 Å². The topological polar surface area (TPSA) is 144 Å². The first-order valence-corrected chi connectivity index (χ1v) is 12.8. The van der Waals surface area contributed by atoms with Crippen LogP contribution in [0.1, 0.15) is 35.8 Å². The third-order valence-corrected chi connectivity index (χ3v) is 6.97. The number of hydrogen-bond acceptors (Lipinski definition) is 9. The van der Waals surface area contributed by atoms with Gasteiger partial charge in [-0.15, -0.1) is 0 Å². The molecule has 4 atom stereocenters. The van der Waals surface area contributed by atoms with Crippen LogP contribution in [0.4, 0.5) is 0 Å². The Morgan fingerprint density at radius 2 is 1.43 bits per heavy atom. The van der Waals surface area contributed by atoms with Gasteiger partial charge >= 0.3 is 5.97 Å². The van der Waals surface area contributed by atoms with Crippen LogP contribution in [0.3, 0.4) is 0 Å². The predicted octanol–water partition coefficient (Wildman–Crippen LogP) is 3.79. The Balaban J connectivity index is 1.69. The van der Waals surface area contributed by atoms with E-state index in [-0.39, 0.29) is 41.3 Å². The van der Waals surface area contributed by atoms with Crippen LogP contribution in [0.25, 0.3) is 0 Å². The van der Waals surface area contributed by atoms with E-state index in [2.05, 4.69) is 5.32 Å². The summed E-state index contributed by atoms with van der Waals surface area (Å²) < 4.78 is 22.5. The SMILES string of the molecule is COc1cc([C@H]2O[C@H](c3ccc(O)c(OC)c3)[C@@H](C(=O)NCCc3ccc(O)cc3)[C@@H]2COC(C)=O)ccc1O. The van der Waals surface area contributed by atoms with Crippen LogP contribution >= 0.6 is 0 Å². The average molecular weight is 552 g/mol. The molecule has 0 radical (unpaired) electrons. The van der Waals surface area contributed by atoms with Gasteiger partial charge < -0.3 is 39.6 Å². The molecular weight excluding hydrogens is 518 g/mol. The molecule has 0 spiro atoms. The number of benzene rings is 3. The molecule has 1 heterocycles. The summed E-state index contributed by atoms with van der Waals surface area (Å²) in [7, 11) is 2.86. The number of hydrogen-bond donors (Lipinski definition) is 4. The fourth-order valence-electron chi connectivity index (χ4n) is 4.96. The third-order valence-electron chi connectivity index (χ3n) is 6.97. The minimum absolute atomic E-state index is 0.0517. The Kier molecular flexibility index (Phi) is 9.00. The maximum atomic E-state index is 13.8. The summed E-state index contributed by atoms with van der Waals surface area (Å²) >= 11 is 0. The highest BCUT2D eigenvalue weighted by Gasteiger charge is 2.50. The molecule has 3 aromatic carbocycles. The molecule has 3 aromatic rings. The number of aromatic hydroxyl groups is 3. The van der Waals surface area contributed by atoms with E-state index in [1.54, 1.807) is 48.5 Å². The lowest BCUT2D eigenvalue weighted by molar-refractivity contribution is -0.144. The second-order valence-corrected chi connectivity index (χ2v) is 9.54. The molecule has 0 saturated carbocycles. The number of esters is 1. The number of rotatable bonds is 10. The zero-order chi connectivity index (χ0) is 28.8. The van der Waals surface area contributed by atoms with Crippen molar-refractivity contribution in [2.24, 2.45) is 11.8 Å². The van der Waals surface area contributed by atoms with Gasteiger partial charge in [-0.3, -0.25) is 9.59 Å². The van der Waals surface area contributed by atoms with Crippen LogP contribution in [-0.4, -0.2) is 54.6 Å². The van der Waals surface area contributed by atoms with Gasteiger partial charge in [-0.25, -0.2) is 0 Å². The van der Waals surface area contributed by atoms with Crippen LogP contribution in [0, 0.1) is 11.8 Å². The van der Waals surface area contributed by atoms with Crippen molar-refractivity contribution in [2.45, 2.75) is 25.6 Å². The number of carbonyl (C=O) groups is 2. The Morgan fingerprint density at radius 3 is 1.98 bits per heavy atom. The molecule has 40 heavy (non-hydrogen) atoms. The minimum Gasteiger partial charge on any atom is -0.508 e. The van der Waals surface area contributed by atoms with E-state index in [0.717, 1.165) is 5.56 Å². The van der Waals surface area contributed by atoms with Crippen molar-refractivity contribution in [3.8, 4) is 28.7 Å². The van der Waals surface area contributed by atoms with Gasteiger partial charge in [0.2, 0.25) is 5.91 Å². The van der Waals surface area contributed by atoms with Crippen molar-refractivity contribution in [3.63, 3.8) is 0 Å². The summed E-state index contributed by atoms with van der Waals surface area (Å²) in [6, 6.07) is 16.2. The van der Waals surface area contributed by atoms with Gasteiger partial charge in [0.05, 0.1) is 39.0 Å². The lowest BCUT2D eigenvalue weighted by Gasteiger charge is -2.24. The highest BCUT2D eigenvalue weighted by molar-refractivity contribution is 5.80. The van der Waals surface area contributed by atoms with Gasteiger partial charge in [-0.2, -0.15) is 0 Å². The van der Waals surface area contributed by atoms with E-state index in [9.17, 15) is 24.9 Å². The third kappa shape index (κ3) is 6.40. The summed E-state index contributed by atoms with van der Waals surface area (Å²) in [5, 5.41) is 32.8. The molecule has 1 saturated heterocycles. The van der Waals surface area contributed by atoms with Crippen LogP contribution in [-0.2, 0) is 25.5 Å². The molecule has 1 fully saturated rings. The normalized spacial score (nSPS) is 20.1. The molecule has 0 aromatic heterocycles. The maximum absolute atomic E-state index is 13.8. The van der Waals surface area contributed by atoms with Gasteiger partial charge in [0.25, 0.3) is 0 Å². The van der Waals surface area contributed by atoms with Gasteiger partial charge in [0.1, 0.15) is 5.75 Å². The quantitative estimate of drug-likeness (QED) is 0.277. The average Bonchev–Trinajstić information content (AvgIpc) is 3.33. The summed E-state index contributed by atoms with van der Waals surface area (Å²) in [5.74, 6) is -1.69. The van der Waals surface area contributed by atoms with Crippen molar-refractivity contribution in [1.82, 2.24) is 5.32 Å². The first-order chi connectivity index (χ1) is 19.2. The van der Waals surface area contributed by atoms with Gasteiger partial charge in [0, 0.05) is 19.4 Å². The van der Waals surface area contributed by atoms with Crippen molar-refractivity contribution < 1.29 is 43.9 Å². The second kappa shape index (κ2) is 12.6. The molecule has 10 heteroatoms. The van der Waals surface area contributed by atoms with E-state index in [4.69, 9.17) is 18.9 Å². The summed E-state index contributed by atoms with van der Waals surface area (Å²) in [4.78, 5) is 25.6. The molecule has 1 aliphatic rings. The van der Waals surface area contributed by atoms with Crippen molar-refractivity contribution in [1.29, 1.82) is 0 Å². The second-order valence-electron chi connectivity index (χ2n) is 9.54. The van der Waals surface area contributed by atoms with E-state index in [0.29, 0.717) is 24.1 Å². The Labute approximate surface area is 232 Å². The lowest BCUT2D eigenvalue weighted by Crippen LogP contribution is -2.38. The monoisotopic (exact) mass is 551 g/mol. The van der Waals surface area contributed by atoms with E-state index < -0.39 is 30.0 Å². The van der Waals surface area contributed by atoms with Crippen LogP contribution in [0.5, 0.6) is 28.7 Å². The molecule has 4 rings (SSSR count). The minimum atomic E-state index is -0.793. The summed E-state index contributed by atoms with van der Waals surface area (Å²) in [5.41, 5.74) is 2.16. The van der Waals surface area contributed by atoms with Gasteiger partial charge in [0.15, 0.2) is 23.0 Å². The molecule has 0 aliphatic carbocycles. The lowest BCUT2D eigenvalue weighted by atomic mass is 9.82. The fourth-order valence-corrected chi connectivity index (χ4v) is 4.96. The highest BCUT2D eigenvalue weighted by atomic mass is 16.5. The Morgan fingerprint density at radius 1 is 0.850 bits per heavy atom. The number of amides is 1. The number of phenolic OH excluding ortho intramolecular Hbond substituents is 3. The van der Waals surface area contributed by atoms with E-state index >= 15 is 0 Å². The first-order valence-electron chi connectivity index (χ1n) is 12.8. The van der Waals surface area contributed by atoms with Crippen molar-refractivity contribution in [2.75, 3.05) is 27.4 Å². The Hall–Kier alpha value is -4.44. The van der Waals surface area contributed by atoms with Crippen LogP contribution in [0.15, 0.2) is 60.7 Å². The first kappa shape index (κ1) is 28.6. The fraction of sp³-hybridized carbons (Fsp3) is 0.333. The predicted molar refractivity (Wildman–Crippen MR) is 144 cm³/mol. The number of nitrogens with one attached hydrogen (secondary N) is 1. The zero-order valence-electron chi connectivity index (χ0n) is 22.5. The smallest absolute Gasteiger partial charge is 0.302 e. The molecular formula is C30H33NO9. The molecule has 212 valence electrons. The van der Waals surface area contributed by atoms with Crippen molar-refractivity contribution in [3.05, 3.63) is 77.4 Å². The molecule has 1 aliphatic heterocycles. The highest BCUT2D eigenvalue weighted by Crippen LogP contribution is 2.51.